The molecular weight excluding hydrogens is 332 g/mol. The second-order valence-electron chi connectivity index (χ2n) is 5.68. The number of rotatable bonds is 3. The van der Waals surface area contributed by atoms with Crippen molar-refractivity contribution in [2.75, 3.05) is 36.0 Å². The van der Waals surface area contributed by atoms with E-state index in [4.69, 9.17) is 0 Å². The molecule has 3 aromatic rings. The molecule has 0 spiro atoms. The van der Waals surface area contributed by atoms with E-state index in [1.165, 1.54) is 0 Å². The van der Waals surface area contributed by atoms with Crippen molar-refractivity contribution >= 4 is 17.3 Å². The first-order valence-electron chi connectivity index (χ1n) is 7.79. The van der Waals surface area contributed by atoms with Crippen molar-refractivity contribution in [2.24, 2.45) is 0 Å². The van der Waals surface area contributed by atoms with Gasteiger partial charge in [-0.2, -0.15) is 5.10 Å². The summed E-state index contributed by atoms with van der Waals surface area (Å²) in [6, 6.07) is 2.72. The van der Waals surface area contributed by atoms with Crippen LogP contribution in [0.1, 0.15) is 12.1 Å². The van der Waals surface area contributed by atoms with Crippen LogP contribution in [0.5, 0.6) is 0 Å². The molecule has 25 heavy (non-hydrogen) atoms. The van der Waals surface area contributed by atoms with Gasteiger partial charge in [-0.1, -0.05) is 0 Å². The van der Waals surface area contributed by atoms with Crippen molar-refractivity contribution in [2.45, 2.75) is 6.43 Å². The maximum absolute atomic E-state index is 12.8. The van der Waals surface area contributed by atoms with Crippen molar-refractivity contribution in [3.05, 3.63) is 46.8 Å². The van der Waals surface area contributed by atoms with Gasteiger partial charge >= 0.3 is 0 Å². The molecule has 130 valence electrons. The van der Waals surface area contributed by atoms with E-state index in [0.717, 1.165) is 17.4 Å². The minimum absolute atomic E-state index is 0.179. The van der Waals surface area contributed by atoms with Gasteiger partial charge in [-0.25, -0.2) is 23.3 Å². The summed E-state index contributed by atoms with van der Waals surface area (Å²) in [5.74, 6) is 1.00. The van der Waals surface area contributed by atoms with Crippen LogP contribution in [0, 0.1) is 0 Å². The smallest absolute Gasteiger partial charge is 0.280 e. The molecule has 0 aliphatic carbocycles. The van der Waals surface area contributed by atoms with Crippen LogP contribution in [-0.4, -0.2) is 50.7 Å². The molecule has 1 N–H and O–H groups in total. The zero-order chi connectivity index (χ0) is 17.4. The topological polar surface area (TPSA) is 82.4 Å². The third kappa shape index (κ3) is 2.90. The fraction of sp³-hybridized carbons (Fsp3) is 0.333. The zero-order valence-corrected chi connectivity index (χ0v) is 13.1. The number of nitrogens with zero attached hydrogens (tertiary/aromatic N) is 6. The summed E-state index contributed by atoms with van der Waals surface area (Å²) in [5, 5.41) is 4.19. The Morgan fingerprint density at radius 1 is 1.12 bits per heavy atom. The number of H-pyrrole nitrogens is 1. The first-order valence-corrected chi connectivity index (χ1v) is 7.79. The van der Waals surface area contributed by atoms with Gasteiger partial charge in [-0.3, -0.25) is 9.78 Å². The standard InChI is InChI=1S/C15H15F2N7O/c16-13(17)10-9-12(25)21-15(20-10)23-7-5-22(6-8-23)14-11-1-2-19-24(11)4-3-18-14/h1-4,9,13H,5-8H2,(H,20,21,25). The van der Waals surface area contributed by atoms with E-state index >= 15 is 0 Å². The lowest BCUT2D eigenvalue weighted by Crippen LogP contribution is -2.48. The van der Waals surface area contributed by atoms with Gasteiger partial charge in [0.25, 0.3) is 12.0 Å². The molecule has 8 nitrogen and oxygen atoms in total. The highest BCUT2D eigenvalue weighted by Crippen LogP contribution is 2.21. The number of hydrogen-bond acceptors (Lipinski definition) is 6. The molecule has 0 radical (unpaired) electrons. The summed E-state index contributed by atoms with van der Waals surface area (Å²) in [6.45, 7) is 2.32. The highest BCUT2D eigenvalue weighted by Gasteiger charge is 2.22. The van der Waals surface area contributed by atoms with E-state index in [2.05, 4.69) is 25.0 Å². The number of alkyl halides is 2. The fourth-order valence-corrected chi connectivity index (χ4v) is 2.94. The first kappa shape index (κ1) is 15.5. The van der Waals surface area contributed by atoms with Crippen molar-refractivity contribution in [1.29, 1.82) is 0 Å². The lowest BCUT2D eigenvalue weighted by molar-refractivity contribution is 0.146. The molecule has 4 heterocycles. The quantitative estimate of drug-likeness (QED) is 0.763. The van der Waals surface area contributed by atoms with Gasteiger partial charge in [0.05, 0.1) is 6.20 Å². The fourth-order valence-electron chi connectivity index (χ4n) is 2.94. The monoisotopic (exact) mass is 347 g/mol. The van der Waals surface area contributed by atoms with Crippen molar-refractivity contribution in [1.82, 2.24) is 24.6 Å². The molecule has 1 aliphatic heterocycles. The average molecular weight is 347 g/mol. The number of piperazine rings is 1. The predicted octanol–water partition coefficient (Wildman–Crippen LogP) is 1.08. The number of halogens is 2. The Morgan fingerprint density at radius 3 is 2.64 bits per heavy atom. The summed E-state index contributed by atoms with van der Waals surface area (Å²) in [4.78, 5) is 26.3. The third-order valence-corrected chi connectivity index (χ3v) is 4.16. The molecule has 0 unspecified atom stereocenters. The van der Waals surface area contributed by atoms with E-state index in [9.17, 15) is 13.6 Å². The minimum atomic E-state index is -2.77. The van der Waals surface area contributed by atoms with Gasteiger partial charge in [0, 0.05) is 44.6 Å². The Kier molecular flexibility index (Phi) is 3.79. The second kappa shape index (κ2) is 6.11. The van der Waals surface area contributed by atoms with Crippen LogP contribution in [0.2, 0.25) is 0 Å². The van der Waals surface area contributed by atoms with E-state index in [1.54, 1.807) is 28.0 Å². The first-order chi connectivity index (χ1) is 12.1. The summed E-state index contributed by atoms with van der Waals surface area (Å²) in [7, 11) is 0. The molecule has 3 aromatic heterocycles. The summed E-state index contributed by atoms with van der Waals surface area (Å²) in [5.41, 5.74) is -0.178. The number of nitrogens with one attached hydrogen (secondary N) is 1. The van der Waals surface area contributed by atoms with Gasteiger partial charge in [0.2, 0.25) is 5.95 Å². The minimum Gasteiger partial charge on any atom is -0.351 e. The average Bonchev–Trinajstić information content (AvgIpc) is 3.10. The normalized spacial score (nSPS) is 15.3. The Hall–Kier alpha value is -3.04. The van der Waals surface area contributed by atoms with Gasteiger partial charge < -0.3 is 9.80 Å². The molecule has 0 aromatic carbocycles. The maximum atomic E-state index is 12.8. The Labute approximate surface area is 140 Å². The molecule has 0 bridgehead atoms. The summed E-state index contributed by atoms with van der Waals surface area (Å²) >= 11 is 0. The van der Waals surface area contributed by atoms with E-state index in [1.807, 2.05) is 6.07 Å². The molecule has 10 heteroatoms. The highest BCUT2D eigenvalue weighted by molar-refractivity contribution is 5.68. The van der Waals surface area contributed by atoms with E-state index in [0.29, 0.717) is 26.2 Å². The van der Waals surface area contributed by atoms with Crippen LogP contribution in [-0.2, 0) is 0 Å². The molecule has 0 atom stereocenters. The zero-order valence-electron chi connectivity index (χ0n) is 13.1. The van der Waals surface area contributed by atoms with Crippen LogP contribution >= 0.6 is 0 Å². The molecule has 0 saturated carbocycles. The van der Waals surface area contributed by atoms with Crippen LogP contribution < -0.4 is 15.4 Å². The van der Waals surface area contributed by atoms with Gasteiger partial charge in [0.1, 0.15) is 11.2 Å². The lowest BCUT2D eigenvalue weighted by atomic mass is 10.3. The van der Waals surface area contributed by atoms with Crippen molar-refractivity contribution in [3.8, 4) is 0 Å². The van der Waals surface area contributed by atoms with Gasteiger partial charge in [-0.05, 0) is 6.07 Å². The van der Waals surface area contributed by atoms with Crippen LogP contribution in [0.15, 0.2) is 35.5 Å². The lowest BCUT2D eigenvalue weighted by Gasteiger charge is -2.35. The third-order valence-electron chi connectivity index (χ3n) is 4.16. The Bertz CT molecular complexity index is 946. The van der Waals surface area contributed by atoms with Gasteiger partial charge in [-0.15, -0.1) is 0 Å². The molecule has 1 saturated heterocycles. The number of aromatic amines is 1. The molecule has 1 fully saturated rings. The number of aromatic nitrogens is 5. The van der Waals surface area contributed by atoms with Crippen LogP contribution in [0.3, 0.4) is 0 Å². The molecular formula is C15H15F2N7O. The van der Waals surface area contributed by atoms with E-state index in [-0.39, 0.29) is 5.95 Å². The number of anilines is 2. The predicted molar refractivity (Wildman–Crippen MR) is 87.2 cm³/mol. The molecule has 0 amide bonds. The SMILES string of the molecule is O=c1cc(C(F)F)nc(N2CCN(c3nccn4nccc34)CC2)[nH]1. The molecule has 1 aliphatic rings. The number of fused-ring (bicyclic) bond motifs is 1. The van der Waals surface area contributed by atoms with Crippen LogP contribution in [0.4, 0.5) is 20.5 Å². The van der Waals surface area contributed by atoms with Crippen molar-refractivity contribution in [3.63, 3.8) is 0 Å². The Balaban J connectivity index is 1.54. The largest absolute Gasteiger partial charge is 0.351 e. The Morgan fingerprint density at radius 2 is 1.88 bits per heavy atom. The number of hydrogen-bond donors (Lipinski definition) is 1. The highest BCUT2D eigenvalue weighted by atomic mass is 19.3. The van der Waals surface area contributed by atoms with Crippen molar-refractivity contribution < 1.29 is 8.78 Å². The van der Waals surface area contributed by atoms with E-state index < -0.39 is 17.7 Å². The molecule has 4 rings (SSSR count). The second-order valence-corrected chi connectivity index (χ2v) is 5.68. The maximum Gasteiger partial charge on any atom is 0.280 e. The summed E-state index contributed by atoms with van der Waals surface area (Å²) < 4.78 is 27.4. The summed E-state index contributed by atoms with van der Waals surface area (Å²) in [6.07, 6.45) is 2.40. The van der Waals surface area contributed by atoms with Gasteiger partial charge in [0.15, 0.2) is 5.82 Å². The van der Waals surface area contributed by atoms with Crippen LogP contribution in [0.25, 0.3) is 5.52 Å².